The van der Waals surface area contributed by atoms with Crippen LogP contribution in [0.3, 0.4) is 0 Å². The zero-order valence-corrected chi connectivity index (χ0v) is 10.1. The summed E-state index contributed by atoms with van der Waals surface area (Å²) >= 11 is 0. The van der Waals surface area contributed by atoms with Crippen molar-refractivity contribution in [2.75, 3.05) is 6.54 Å². The summed E-state index contributed by atoms with van der Waals surface area (Å²) in [6, 6.07) is 9.83. The van der Waals surface area contributed by atoms with Crippen molar-refractivity contribution < 1.29 is 13.6 Å². The van der Waals surface area contributed by atoms with Crippen molar-refractivity contribution in [1.82, 2.24) is 5.32 Å². The molecular formula is C14H17F2NO. The average Bonchev–Trinajstić information content (AvgIpc) is 2.36. The van der Waals surface area contributed by atoms with Crippen molar-refractivity contribution >= 4 is 5.91 Å². The van der Waals surface area contributed by atoms with E-state index in [-0.39, 0.29) is 18.7 Å². The number of alkyl halides is 2. The Morgan fingerprint density at radius 3 is 2.61 bits per heavy atom. The predicted molar refractivity (Wildman–Crippen MR) is 67.5 cm³/mol. The molecule has 1 aromatic rings. The fraction of sp³-hybridized carbons (Fsp3) is 0.357. The molecule has 0 saturated carbocycles. The molecule has 0 fully saturated rings. The Bertz CT molecular complexity index is 377. The molecule has 0 atom stereocenters. The minimum Gasteiger partial charge on any atom is -0.356 e. The van der Waals surface area contributed by atoms with E-state index in [0.29, 0.717) is 6.54 Å². The summed E-state index contributed by atoms with van der Waals surface area (Å²) in [6.45, 7) is 0.561. The molecule has 0 unspecified atom stereocenters. The molecule has 2 nitrogen and oxygen atoms in total. The van der Waals surface area contributed by atoms with Crippen molar-refractivity contribution in [2.45, 2.75) is 25.7 Å². The number of halogens is 2. The summed E-state index contributed by atoms with van der Waals surface area (Å²) in [7, 11) is 0. The zero-order valence-electron chi connectivity index (χ0n) is 10.1. The number of hydrogen-bond acceptors (Lipinski definition) is 1. The van der Waals surface area contributed by atoms with Gasteiger partial charge in [-0.05, 0) is 12.0 Å². The van der Waals surface area contributed by atoms with Crippen LogP contribution in [0.2, 0.25) is 0 Å². The Balaban J connectivity index is 2.12. The van der Waals surface area contributed by atoms with Gasteiger partial charge in [-0.1, -0.05) is 42.5 Å². The molecule has 1 N–H and O–H groups in total. The molecular weight excluding hydrogens is 236 g/mol. The smallest absolute Gasteiger partial charge is 0.242 e. The maximum Gasteiger partial charge on any atom is 0.242 e. The highest BCUT2D eigenvalue weighted by Crippen LogP contribution is 2.00. The van der Waals surface area contributed by atoms with E-state index < -0.39 is 6.43 Å². The number of nitrogens with one attached hydrogen (secondary N) is 1. The SMILES string of the molecule is O=C(C/C=C/CC(F)F)NCCc1ccccc1. The van der Waals surface area contributed by atoms with Crippen molar-refractivity contribution in [3.8, 4) is 0 Å². The average molecular weight is 253 g/mol. The minimum absolute atomic E-state index is 0.142. The van der Waals surface area contributed by atoms with Crippen LogP contribution in [0.5, 0.6) is 0 Å². The topological polar surface area (TPSA) is 29.1 Å². The molecule has 1 rings (SSSR count). The quantitative estimate of drug-likeness (QED) is 0.744. The Hall–Kier alpha value is -1.71. The van der Waals surface area contributed by atoms with Gasteiger partial charge in [0.2, 0.25) is 12.3 Å². The fourth-order valence-corrected chi connectivity index (χ4v) is 1.45. The van der Waals surface area contributed by atoms with Crippen molar-refractivity contribution in [1.29, 1.82) is 0 Å². The lowest BCUT2D eigenvalue weighted by Crippen LogP contribution is -2.24. The lowest BCUT2D eigenvalue weighted by atomic mass is 10.1. The predicted octanol–water partition coefficient (Wildman–Crippen LogP) is 2.95. The number of carbonyl (C=O) groups is 1. The number of amides is 1. The van der Waals surface area contributed by atoms with Crippen molar-refractivity contribution in [2.24, 2.45) is 0 Å². The molecule has 0 aliphatic heterocycles. The lowest BCUT2D eigenvalue weighted by Gasteiger charge is -2.03. The van der Waals surface area contributed by atoms with Gasteiger partial charge in [-0.15, -0.1) is 0 Å². The fourth-order valence-electron chi connectivity index (χ4n) is 1.45. The zero-order chi connectivity index (χ0) is 13.2. The van der Waals surface area contributed by atoms with E-state index in [1.54, 1.807) is 0 Å². The van der Waals surface area contributed by atoms with Gasteiger partial charge in [-0.2, -0.15) is 0 Å². The molecule has 0 aromatic heterocycles. The molecule has 0 aliphatic rings. The monoisotopic (exact) mass is 253 g/mol. The second-order valence-electron chi connectivity index (χ2n) is 3.89. The molecule has 0 spiro atoms. The molecule has 98 valence electrons. The number of allylic oxidation sites excluding steroid dienone is 1. The molecule has 4 heteroatoms. The first-order chi connectivity index (χ1) is 8.68. The van der Waals surface area contributed by atoms with Crippen LogP contribution >= 0.6 is 0 Å². The standard InChI is InChI=1S/C14H17F2NO/c15-13(16)8-4-5-9-14(18)17-11-10-12-6-2-1-3-7-12/h1-7,13H,8-11H2,(H,17,18)/b5-4+. The summed E-state index contributed by atoms with van der Waals surface area (Å²) in [4.78, 5) is 11.3. The molecule has 18 heavy (non-hydrogen) atoms. The Labute approximate surface area is 106 Å². The Morgan fingerprint density at radius 2 is 1.94 bits per heavy atom. The maximum absolute atomic E-state index is 11.8. The van der Waals surface area contributed by atoms with Crippen LogP contribution in [-0.2, 0) is 11.2 Å². The molecule has 1 aromatic carbocycles. The number of benzene rings is 1. The second kappa shape index (κ2) is 8.39. The first kappa shape index (κ1) is 14.4. The number of rotatable bonds is 7. The number of carbonyl (C=O) groups excluding carboxylic acids is 1. The summed E-state index contributed by atoms with van der Waals surface area (Å²) in [5.74, 6) is -0.142. The van der Waals surface area contributed by atoms with Gasteiger partial charge in [-0.3, -0.25) is 4.79 Å². The van der Waals surface area contributed by atoms with Crippen LogP contribution in [0.4, 0.5) is 8.78 Å². The van der Waals surface area contributed by atoms with Crippen LogP contribution in [0, 0.1) is 0 Å². The summed E-state index contributed by atoms with van der Waals surface area (Å²) in [5, 5.41) is 2.74. The van der Waals surface area contributed by atoms with Gasteiger partial charge in [0.15, 0.2) is 0 Å². The van der Waals surface area contributed by atoms with Crippen LogP contribution in [0.1, 0.15) is 18.4 Å². The van der Waals surface area contributed by atoms with Crippen molar-refractivity contribution in [3.05, 3.63) is 48.0 Å². The first-order valence-corrected chi connectivity index (χ1v) is 5.92. The molecule has 0 heterocycles. The normalized spacial score (nSPS) is 11.1. The van der Waals surface area contributed by atoms with Crippen molar-refractivity contribution in [3.63, 3.8) is 0 Å². The number of hydrogen-bond donors (Lipinski definition) is 1. The van der Waals surface area contributed by atoms with E-state index >= 15 is 0 Å². The third-order valence-corrected chi connectivity index (χ3v) is 2.36. The minimum atomic E-state index is -2.35. The van der Waals surface area contributed by atoms with E-state index in [4.69, 9.17) is 0 Å². The van der Waals surface area contributed by atoms with Crippen LogP contribution in [0.15, 0.2) is 42.5 Å². The van der Waals surface area contributed by atoms with Gasteiger partial charge in [0.05, 0.1) is 0 Å². The molecule has 0 aliphatic carbocycles. The van der Waals surface area contributed by atoms with E-state index in [0.717, 1.165) is 12.0 Å². The largest absolute Gasteiger partial charge is 0.356 e. The van der Waals surface area contributed by atoms with Gasteiger partial charge in [0.25, 0.3) is 0 Å². The Morgan fingerprint density at radius 1 is 1.22 bits per heavy atom. The third kappa shape index (κ3) is 6.78. The second-order valence-corrected chi connectivity index (χ2v) is 3.89. The Kier molecular flexibility index (Phi) is 6.69. The van der Waals surface area contributed by atoms with E-state index in [9.17, 15) is 13.6 Å². The lowest BCUT2D eigenvalue weighted by molar-refractivity contribution is -0.120. The van der Waals surface area contributed by atoms with Gasteiger partial charge in [0, 0.05) is 19.4 Å². The van der Waals surface area contributed by atoms with Crippen LogP contribution in [0.25, 0.3) is 0 Å². The van der Waals surface area contributed by atoms with Gasteiger partial charge in [-0.25, -0.2) is 8.78 Å². The van der Waals surface area contributed by atoms with Gasteiger partial charge in [0.1, 0.15) is 0 Å². The summed E-state index contributed by atoms with van der Waals surface area (Å²) in [5.41, 5.74) is 1.16. The third-order valence-electron chi connectivity index (χ3n) is 2.36. The van der Waals surface area contributed by atoms with Crippen LogP contribution in [-0.4, -0.2) is 18.9 Å². The van der Waals surface area contributed by atoms with Gasteiger partial charge < -0.3 is 5.32 Å². The molecule has 0 radical (unpaired) electrons. The highest BCUT2D eigenvalue weighted by molar-refractivity contribution is 5.77. The van der Waals surface area contributed by atoms with E-state index in [1.165, 1.54) is 12.2 Å². The highest BCUT2D eigenvalue weighted by atomic mass is 19.3. The molecule has 0 saturated heterocycles. The maximum atomic E-state index is 11.8. The van der Waals surface area contributed by atoms with E-state index in [1.807, 2.05) is 30.3 Å². The van der Waals surface area contributed by atoms with E-state index in [2.05, 4.69) is 5.32 Å². The molecule has 0 bridgehead atoms. The van der Waals surface area contributed by atoms with Gasteiger partial charge >= 0.3 is 0 Å². The first-order valence-electron chi connectivity index (χ1n) is 5.92. The summed E-state index contributed by atoms with van der Waals surface area (Å²) in [6.07, 6.45) is 1.10. The highest BCUT2D eigenvalue weighted by Gasteiger charge is 1.99. The summed E-state index contributed by atoms with van der Waals surface area (Å²) < 4.78 is 23.6. The molecule has 1 amide bonds. The van der Waals surface area contributed by atoms with Crippen LogP contribution < -0.4 is 5.32 Å².